The Balaban J connectivity index is 2.39. The van der Waals surface area contributed by atoms with Gasteiger partial charge in [-0.15, -0.1) is 11.3 Å². The van der Waals surface area contributed by atoms with Gasteiger partial charge in [0.15, 0.2) is 0 Å². The Morgan fingerprint density at radius 2 is 2.19 bits per heavy atom. The van der Waals surface area contributed by atoms with Gasteiger partial charge >= 0.3 is 0 Å². The van der Waals surface area contributed by atoms with Gasteiger partial charge in [0, 0.05) is 30.9 Å². The molecular formula is C11H19N3OS. The second kappa shape index (κ2) is 5.96. The lowest BCUT2D eigenvalue weighted by Gasteiger charge is -2.12. The van der Waals surface area contributed by atoms with Crippen molar-refractivity contribution in [1.82, 2.24) is 15.6 Å². The summed E-state index contributed by atoms with van der Waals surface area (Å²) in [5.74, 6) is 0.0669. The Morgan fingerprint density at radius 1 is 1.50 bits per heavy atom. The molecule has 1 unspecified atom stereocenters. The molecule has 1 rings (SSSR count). The highest BCUT2D eigenvalue weighted by Gasteiger charge is 2.09. The van der Waals surface area contributed by atoms with E-state index in [2.05, 4.69) is 15.6 Å². The van der Waals surface area contributed by atoms with Crippen LogP contribution in [0.5, 0.6) is 0 Å². The van der Waals surface area contributed by atoms with Crippen LogP contribution in [0.4, 0.5) is 0 Å². The summed E-state index contributed by atoms with van der Waals surface area (Å²) < 4.78 is 0. The fourth-order valence-electron chi connectivity index (χ4n) is 1.46. The highest BCUT2D eigenvalue weighted by Crippen LogP contribution is 2.16. The summed E-state index contributed by atoms with van der Waals surface area (Å²) in [6, 6.07) is 0.182. The Labute approximate surface area is 100 Å². The Kier molecular flexibility index (Phi) is 4.89. The van der Waals surface area contributed by atoms with Crippen LogP contribution < -0.4 is 10.6 Å². The number of aryl methyl sites for hydroxylation is 2. The normalized spacial score (nSPS) is 12.5. The van der Waals surface area contributed by atoms with Crippen molar-refractivity contribution in [2.24, 2.45) is 0 Å². The lowest BCUT2D eigenvalue weighted by molar-refractivity contribution is -0.121. The van der Waals surface area contributed by atoms with E-state index in [1.165, 1.54) is 4.88 Å². The van der Waals surface area contributed by atoms with Crippen molar-refractivity contribution in [3.05, 3.63) is 15.6 Å². The van der Waals surface area contributed by atoms with E-state index >= 15 is 0 Å². The molecule has 0 aliphatic carbocycles. The van der Waals surface area contributed by atoms with Crippen molar-refractivity contribution >= 4 is 17.2 Å². The number of thiazole rings is 1. The topological polar surface area (TPSA) is 54.0 Å². The van der Waals surface area contributed by atoms with Crippen molar-refractivity contribution in [2.45, 2.75) is 39.8 Å². The zero-order valence-corrected chi connectivity index (χ0v) is 11.1. The molecule has 4 nitrogen and oxygen atoms in total. The predicted octanol–water partition coefficient (Wildman–Crippen LogP) is 1.37. The van der Waals surface area contributed by atoms with E-state index in [0.29, 0.717) is 6.42 Å². The average Bonchev–Trinajstić information content (AvgIpc) is 2.54. The second-order valence-electron chi connectivity index (χ2n) is 3.90. The monoisotopic (exact) mass is 241 g/mol. The summed E-state index contributed by atoms with van der Waals surface area (Å²) in [6.45, 7) is 6.83. The summed E-state index contributed by atoms with van der Waals surface area (Å²) in [7, 11) is 1.66. The fourth-order valence-corrected chi connectivity index (χ4v) is 2.34. The maximum Gasteiger partial charge on any atom is 0.221 e. The van der Waals surface area contributed by atoms with Crippen LogP contribution in [0.3, 0.4) is 0 Å². The lowest BCUT2D eigenvalue weighted by atomic mass is 10.2. The first-order valence-electron chi connectivity index (χ1n) is 5.39. The predicted molar refractivity (Wildman–Crippen MR) is 66.6 cm³/mol. The number of rotatable bonds is 5. The third-order valence-electron chi connectivity index (χ3n) is 2.38. The molecule has 0 radical (unpaired) electrons. The molecular weight excluding hydrogens is 222 g/mol. The molecule has 0 fully saturated rings. The summed E-state index contributed by atoms with van der Waals surface area (Å²) in [6.07, 6.45) is 0.507. The second-order valence-corrected chi connectivity index (χ2v) is 5.19. The van der Waals surface area contributed by atoms with Gasteiger partial charge in [-0.1, -0.05) is 0 Å². The van der Waals surface area contributed by atoms with Gasteiger partial charge in [-0.25, -0.2) is 4.98 Å². The van der Waals surface area contributed by atoms with E-state index in [4.69, 9.17) is 0 Å². The van der Waals surface area contributed by atoms with Crippen molar-refractivity contribution in [3.8, 4) is 0 Å². The number of nitrogens with one attached hydrogen (secondary N) is 2. The molecule has 1 atom stereocenters. The smallest absolute Gasteiger partial charge is 0.221 e. The van der Waals surface area contributed by atoms with Crippen molar-refractivity contribution in [2.75, 3.05) is 7.05 Å². The molecule has 0 aliphatic rings. The Bertz CT molecular complexity index is 362. The van der Waals surface area contributed by atoms with Gasteiger partial charge in [-0.2, -0.15) is 0 Å². The van der Waals surface area contributed by atoms with Crippen LogP contribution in [0.1, 0.15) is 28.9 Å². The van der Waals surface area contributed by atoms with Crippen molar-refractivity contribution in [3.63, 3.8) is 0 Å². The third-order valence-corrected chi connectivity index (χ3v) is 3.45. The molecule has 0 saturated carbocycles. The minimum Gasteiger partial charge on any atom is -0.359 e. The van der Waals surface area contributed by atoms with Gasteiger partial charge in [0.25, 0.3) is 0 Å². The highest BCUT2D eigenvalue weighted by molar-refractivity contribution is 7.11. The zero-order valence-electron chi connectivity index (χ0n) is 10.3. The molecule has 1 aromatic rings. The minimum absolute atomic E-state index is 0.0669. The molecule has 90 valence electrons. The summed E-state index contributed by atoms with van der Waals surface area (Å²) in [4.78, 5) is 16.8. The first-order chi connectivity index (χ1) is 7.52. The molecule has 0 aromatic carbocycles. The first kappa shape index (κ1) is 13.1. The number of hydrogen-bond acceptors (Lipinski definition) is 4. The molecule has 0 saturated heterocycles. The van der Waals surface area contributed by atoms with Gasteiger partial charge in [0.1, 0.15) is 0 Å². The van der Waals surface area contributed by atoms with Crippen molar-refractivity contribution in [1.29, 1.82) is 0 Å². The number of nitrogens with zero attached hydrogens (tertiary/aromatic N) is 1. The number of carbonyl (C=O) groups is 1. The minimum atomic E-state index is 0.0669. The maximum absolute atomic E-state index is 11.1. The number of carbonyl (C=O) groups excluding carboxylic acids is 1. The van der Waals surface area contributed by atoms with Crippen LogP contribution in [0.15, 0.2) is 0 Å². The van der Waals surface area contributed by atoms with Crippen LogP contribution in [0, 0.1) is 13.8 Å². The number of amides is 1. The molecule has 16 heavy (non-hydrogen) atoms. The highest BCUT2D eigenvalue weighted by atomic mass is 32.1. The molecule has 1 amide bonds. The first-order valence-corrected chi connectivity index (χ1v) is 6.21. The van der Waals surface area contributed by atoms with Crippen LogP contribution >= 0.6 is 11.3 Å². The molecule has 0 bridgehead atoms. The lowest BCUT2D eigenvalue weighted by Crippen LogP contribution is -2.31. The SMILES string of the molecule is CNC(=O)CC(C)NCc1sc(C)nc1C. The Morgan fingerprint density at radius 3 is 2.69 bits per heavy atom. The maximum atomic E-state index is 11.1. The third kappa shape index (κ3) is 3.90. The summed E-state index contributed by atoms with van der Waals surface area (Å²) in [5, 5.41) is 7.04. The molecule has 1 aromatic heterocycles. The van der Waals surface area contributed by atoms with Crippen LogP contribution in [-0.4, -0.2) is 24.0 Å². The van der Waals surface area contributed by atoms with E-state index in [-0.39, 0.29) is 11.9 Å². The summed E-state index contributed by atoms with van der Waals surface area (Å²) >= 11 is 1.71. The number of hydrogen-bond donors (Lipinski definition) is 2. The van der Waals surface area contributed by atoms with E-state index in [9.17, 15) is 4.79 Å². The zero-order chi connectivity index (χ0) is 12.1. The van der Waals surface area contributed by atoms with Gasteiger partial charge in [-0.3, -0.25) is 4.79 Å². The van der Waals surface area contributed by atoms with Gasteiger partial charge < -0.3 is 10.6 Å². The average molecular weight is 241 g/mol. The summed E-state index contributed by atoms with van der Waals surface area (Å²) in [5.41, 5.74) is 1.09. The molecule has 1 heterocycles. The van der Waals surface area contributed by atoms with E-state index in [1.54, 1.807) is 18.4 Å². The quantitative estimate of drug-likeness (QED) is 0.818. The fraction of sp³-hybridized carbons (Fsp3) is 0.636. The van der Waals surface area contributed by atoms with Crippen molar-refractivity contribution < 1.29 is 4.79 Å². The Hall–Kier alpha value is -0.940. The standard InChI is InChI=1S/C11H19N3OS/c1-7(5-11(15)12-4)13-6-10-8(2)14-9(3)16-10/h7,13H,5-6H2,1-4H3,(H,12,15). The number of aromatic nitrogens is 1. The molecule has 0 aliphatic heterocycles. The van der Waals surface area contributed by atoms with Crippen LogP contribution in [-0.2, 0) is 11.3 Å². The molecule has 2 N–H and O–H groups in total. The van der Waals surface area contributed by atoms with E-state index in [1.807, 2.05) is 20.8 Å². The van der Waals surface area contributed by atoms with Crippen LogP contribution in [0.25, 0.3) is 0 Å². The van der Waals surface area contributed by atoms with Gasteiger partial charge in [0.2, 0.25) is 5.91 Å². The largest absolute Gasteiger partial charge is 0.359 e. The van der Waals surface area contributed by atoms with Gasteiger partial charge in [-0.05, 0) is 20.8 Å². The van der Waals surface area contributed by atoms with E-state index in [0.717, 1.165) is 17.2 Å². The molecule has 0 spiro atoms. The van der Waals surface area contributed by atoms with Crippen LogP contribution in [0.2, 0.25) is 0 Å². The van der Waals surface area contributed by atoms with E-state index < -0.39 is 0 Å². The molecule has 5 heteroatoms. The van der Waals surface area contributed by atoms with Gasteiger partial charge in [0.05, 0.1) is 10.7 Å².